The van der Waals surface area contributed by atoms with Gasteiger partial charge in [0.2, 0.25) is 0 Å². The highest BCUT2D eigenvalue weighted by atomic mass is 35.5. The Hall–Kier alpha value is -3.49. The van der Waals surface area contributed by atoms with Crippen LogP contribution in [0.5, 0.6) is 11.5 Å². The van der Waals surface area contributed by atoms with Crippen molar-refractivity contribution < 1.29 is 24.2 Å². The molecular formula is C26H28ClN3O5. The van der Waals surface area contributed by atoms with E-state index in [4.69, 9.17) is 21.1 Å². The second-order valence-electron chi connectivity index (χ2n) is 8.69. The van der Waals surface area contributed by atoms with Gasteiger partial charge in [0, 0.05) is 41.3 Å². The molecule has 3 aromatic rings. The van der Waals surface area contributed by atoms with Crippen molar-refractivity contribution in [3.05, 3.63) is 63.8 Å². The maximum absolute atomic E-state index is 13.4. The summed E-state index contributed by atoms with van der Waals surface area (Å²) in [6.07, 6.45) is 0. The molecule has 0 bridgehead atoms. The molecular weight excluding hydrogens is 470 g/mol. The number of fused-ring (bicyclic) bond motifs is 1. The molecule has 9 heteroatoms. The molecule has 0 spiro atoms. The average molecular weight is 498 g/mol. The number of nitrogens with one attached hydrogen (secondary N) is 1. The van der Waals surface area contributed by atoms with E-state index < -0.39 is 17.7 Å². The smallest absolute Gasteiger partial charge is 0.295 e. The molecule has 2 N–H and O–H groups in total. The lowest BCUT2D eigenvalue weighted by Crippen LogP contribution is -2.35. The first-order chi connectivity index (χ1) is 16.7. The Bertz CT molecular complexity index is 1340. The number of likely N-dealkylation sites (tertiary alicyclic amines) is 1. The largest absolute Gasteiger partial charge is 0.507 e. The van der Waals surface area contributed by atoms with Crippen molar-refractivity contribution in [3.8, 4) is 11.5 Å². The Balaban J connectivity index is 2.00. The Morgan fingerprint density at radius 1 is 1.14 bits per heavy atom. The number of ketones is 1. The molecule has 0 saturated carbocycles. The number of Topliss-reactive ketones (excluding diaryl/α,β-unsaturated/α-hetero) is 1. The number of amides is 1. The first-order valence-electron chi connectivity index (χ1n) is 11.1. The van der Waals surface area contributed by atoms with Gasteiger partial charge in [-0.15, -0.1) is 0 Å². The van der Waals surface area contributed by atoms with Crippen LogP contribution in [-0.4, -0.2) is 73.0 Å². The maximum Gasteiger partial charge on any atom is 0.295 e. The van der Waals surface area contributed by atoms with Crippen molar-refractivity contribution in [1.82, 2.24) is 14.8 Å². The van der Waals surface area contributed by atoms with Crippen LogP contribution in [-0.2, 0) is 9.59 Å². The summed E-state index contributed by atoms with van der Waals surface area (Å²) in [4.78, 5) is 33.5. The molecule has 4 rings (SSSR count). The number of carbonyl (C=O) groups excluding carboxylic acids is 2. The molecule has 2 heterocycles. The number of hydrogen-bond acceptors (Lipinski definition) is 6. The zero-order valence-corrected chi connectivity index (χ0v) is 21.1. The predicted octanol–water partition coefficient (Wildman–Crippen LogP) is 4.13. The lowest BCUT2D eigenvalue weighted by molar-refractivity contribution is -0.140. The topological polar surface area (TPSA) is 95.1 Å². The summed E-state index contributed by atoms with van der Waals surface area (Å²) in [6, 6.07) is 9.90. The number of H-pyrrole nitrogens is 1. The molecule has 0 radical (unpaired) electrons. The molecule has 1 unspecified atom stereocenters. The highest BCUT2D eigenvalue weighted by Gasteiger charge is 2.47. The van der Waals surface area contributed by atoms with E-state index in [1.165, 1.54) is 31.3 Å². The zero-order valence-electron chi connectivity index (χ0n) is 20.3. The minimum Gasteiger partial charge on any atom is -0.507 e. The Morgan fingerprint density at radius 3 is 2.49 bits per heavy atom. The van der Waals surface area contributed by atoms with Crippen LogP contribution >= 0.6 is 11.6 Å². The van der Waals surface area contributed by atoms with Crippen LogP contribution in [0.4, 0.5) is 0 Å². The first kappa shape index (κ1) is 24.6. The van der Waals surface area contributed by atoms with Gasteiger partial charge in [0.05, 0.1) is 36.4 Å². The van der Waals surface area contributed by atoms with Gasteiger partial charge in [-0.1, -0.05) is 29.8 Å². The summed E-state index contributed by atoms with van der Waals surface area (Å²) >= 11 is 6.25. The third kappa shape index (κ3) is 4.24. The highest BCUT2D eigenvalue weighted by molar-refractivity contribution is 6.46. The fourth-order valence-electron chi connectivity index (χ4n) is 4.56. The molecule has 1 aliphatic heterocycles. The van der Waals surface area contributed by atoms with Gasteiger partial charge in [0.25, 0.3) is 11.7 Å². The number of halogens is 1. The number of aromatic nitrogens is 1. The van der Waals surface area contributed by atoms with E-state index in [1.54, 1.807) is 0 Å². The summed E-state index contributed by atoms with van der Waals surface area (Å²) in [6.45, 7) is 2.75. The zero-order chi connectivity index (χ0) is 25.4. The quantitative estimate of drug-likeness (QED) is 0.289. The summed E-state index contributed by atoms with van der Waals surface area (Å²) < 4.78 is 10.8. The fourth-order valence-corrected chi connectivity index (χ4v) is 4.79. The number of rotatable bonds is 7. The van der Waals surface area contributed by atoms with Crippen molar-refractivity contribution in [2.24, 2.45) is 0 Å². The Morgan fingerprint density at radius 2 is 1.83 bits per heavy atom. The molecule has 35 heavy (non-hydrogen) atoms. The Kier molecular flexibility index (Phi) is 6.78. The van der Waals surface area contributed by atoms with Crippen molar-refractivity contribution in [1.29, 1.82) is 0 Å². The van der Waals surface area contributed by atoms with E-state index >= 15 is 0 Å². The van der Waals surface area contributed by atoms with Gasteiger partial charge in [-0.05, 0) is 33.2 Å². The van der Waals surface area contributed by atoms with Crippen LogP contribution in [0.3, 0.4) is 0 Å². The lowest BCUT2D eigenvalue weighted by Gasteiger charge is -2.27. The van der Waals surface area contributed by atoms with Crippen LogP contribution < -0.4 is 9.47 Å². The van der Waals surface area contributed by atoms with E-state index in [2.05, 4.69) is 4.98 Å². The van der Waals surface area contributed by atoms with Crippen LogP contribution in [0, 0.1) is 6.92 Å². The number of aliphatic hydroxyl groups excluding tert-OH is 1. The van der Waals surface area contributed by atoms with Gasteiger partial charge in [0.15, 0.2) is 0 Å². The van der Waals surface area contributed by atoms with E-state index in [-0.39, 0.29) is 27.7 Å². The molecule has 8 nitrogen and oxygen atoms in total. The molecule has 1 fully saturated rings. The summed E-state index contributed by atoms with van der Waals surface area (Å²) in [5.74, 6) is -1.22. The number of methoxy groups -OCH3 is 2. The van der Waals surface area contributed by atoms with Crippen molar-refractivity contribution in [3.63, 3.8) is 0 Å². The van der Waals surface area contributed by atoms with Crippen molar-refractivity contribution >= 4 is 40.0 Å². The molecule has 1 aliphatic rings. The standard InChI is InChI=1S/C26H28ClN3O5/c1-14-21(15-8-6-7-9-18(15)28-14)23-22(25(32)26(33)30(23)11-10-29(2)3)24(31)16-12-20(35-5)17(27)13-19(16)34-4/h6-9,12-13,23,28,31H,10-11H2,1-5H3/b24-22+. The number of carbonyl (C=O) groups is 2. The molecule has 0 aliphatic carbocycles. The summed E-state index contributed by atoms with van der Waals surface area (Å²) in [5, 5.41) is 12.7. The Labute approximate surface area is 208 Å². The second-order valence-corrected chi connectivity index (χ2v) is 9.10. The minimum absolute atomic E-state index is 0.00992. The number of aryl methyl sites for hydroxylation is 1. The van der Waals surface area contributed by atoms with Crippen LogP contribution in [0.1, 0.15) is 22.9 Å². The second kappa shape index (κ2) is 9.64. The number of benzene rings is 2. The van der Waals surface area contributed by atoms with Gasteiger partial charge < -0.3 is 29.4 Å². The number of aromatic amines is 1. The third-order valence-electron chi connectivity index (χ3n) is 6.27. The summed E-state index contributed by atoms with van der Waals surface area (Å²) in [5.41, 5.74) is 2.65. The minimum atomic E-state index is -0.794. The number of hydrogen-bond donors (Lipinski definition) is 2. The number of nitrogens with zero attached hydrogens (tertiary/aromatic N) is 2. The molecule has 1 saturated heterocycles. The van der Waals surface area contributed by atoms with E-state index in [1.807, 2.05) is 50.2 Å². The number of aliphatic hydroxyl groups is 1. The molecule has 1 aromatic heterocycles. The predicted molar refractivity (Wildman–Crippen MR) is 135 cm³/mol. The van der Waals surface area contributed by atoms with Gasteiger partial charge in [0.1, 0.15) is 17.3 Å². The summed E-state index contributed by atoms with van der Waals surface area (Å²) in [7, 11) is 6.68. The highest BCUT2D eigenvalue weighted by Crippen LogP contribution is 2.45. The fraction of sp³-hybridized carbons (Fsp3) is 0.308. The van der Waals surface area contributed by atoms with Crippen LogP contribution in [0.15, 0.2) is 42.0 Å². The first-order valence-corrected chi connectivity index (χ1v) is 11.5. The van der Waals surface area contributed by atoms with E-state index in [0.717, 1.165) is 22.2 Å². The molecule has 1 amide bonds. The van der Waals surface area contributed by atoms with Gasteiger partial charge in [-0.25, -0.2) is 0 Å². The van der Waals surface area contributed by atoms with Crippen LogP contribution in [0.25, 0.3) is 16.7 Å². The average Bonchev–Trinajstić information content (AvgIpc) is 3.29. The monoisotopic (exact) mass is 497 g/mol. The van der Waals surface area contributed by atoms with Gasteiger partial charge in [-0.3, -0.25) is 9.59 Å². The van der Waals surface area contributed by atoms with Crippen LogP contribution in [0.2, 0.25) is 5.02 Å². The van der Waals surface area contributed by atoms with Crippen molar-refractivity contribution in [2.75, 3.05) is 41.4 Å². The maximum atomic E-state index is 13.4. The van der Waals surface area contributed by atoms with E-state index in [9.17, 15) is 14.7 Å². The SMILES string of the molecule is COc1cc(/C(O)=C2\C(=O)C(=O)N(CCN(C)C)C2c2c(C)[nH]c3ccccc23)c(OC)cc1Cl. The molecule has 1 atom stereocenters. The van der Waals surface area contributed by atoms with Gasteiger partial charge >= 0.3 is 0 Å². The number of likely N-dealkylation sites (N-methyl/N-ethyl adjacent to an activating group) is 1. The number of para-hydroxylation sites is 1. The van der Waals surface area contributed by atoms with Gasteiger partial charge in [-0.2, -0.15) is 0 Å². The molecule has 184 valence electrons. The number of ether oxygens (including phenoxy) is 2. The van der Waals surface area contributed by atoms with Crippen molar-refractivity contribution in [2.45, 2.75) is 13.0 Å². The molecule has 2 aromatic carbocycles. The lowest BCUT2D eigenvalue weighted by atomic mass is 9.93. The third-order valence-corrected chi connectivity index (χ3v) is 6.57. The van der Waals surface area contributed by atoms with E-state index in [0.29, 0.717) is 18.8 Å². The normalized spacial score (nSPS) is 17.6.